The van der Waals surface area contributed by atoms with E-state index in [1.807, 2.05) is 12.1 Å². The lowest BCUT2D eigenvalue weighted by Crippen LogP contribution is -2.37. The molecule has 0 bridgehead atoms. The number of amides is 2. The van der Waals surface area contributed by atoms with E-state index in [-0.39, 0.29) is 30.8 Å². The van der Waals surface area contributed by atoms with Crippen LogP contribution in [0.4, 0.5) is 4.39 Å². The minimum atomic E-state index is -0.483. The van der Waals surface area contributed by atoms with Crippen molar-refractivity contribution in [2.24, 2.45) is 0 Å². The topological polar surface area (TPSA) is 58.6 Å². The molecule has 0 heterocycles. The van der Waals surface area contributed by atoms with Crippen molar-refractivity contribution in [2.75, 3.05) is 7.11 Å². The van der Waals surface area contributed by atoms with E-state index < -0.39 is 11.9 Å². The molecular formula is C22H24ClFN2O3. The average molecular weight is 419 g/mol. The van der Waals surface area contributed by atoms with Crippen LogP contribution in [0.3, 0.4) is 0 Å². The van der Waals surface area contributed by atoms with Crippen LogP contribution >= 0.6 is 11.6 Å². The summed E-state index contributed by atoms with van der Waals surface area (Å²) in [5.74, 6) is -0.116. The summed E-state index contributed by atoms with van der Waals surface area (Å²) in [7, 11) is 1.57. The first kappa shape index (κ1) is 21.1. The van der Waals surface area contributed by atoms with Gasteiger partial charge in [0, 0.05) is 23.6 Å². The zero-order valence-corrected chi connectivity index (χ0v) is 17.2. The fraction of sp³-hybridized carbons (Fsp3) is 0.364. The Morgan fingerprint density at radius 2 is 1.93 bits per heavy atom. The van der Waals surface area contributed by atoms with E-state index in [0.717, 1.165) is 18.4 Å². The van der Waals surface area contributed by atoms with Gasteiger partial charge in [-0.05, 0) is 42.7 Å². The van der Waals surface area contributed by atoms with E-state index in [4.69, 9.17) is 16.3 Å². The number of nitrogens with zero attached hydrogens (tertiary/aromatic N) is 1. The summed E-state index contributed by atoms with van der Waals surface area (Å²) in [5, 5.41) is 3.14. The molecule has 154 valence electrons. The summed E-state index contributed by atoms with van der Waals surface area (Å²) in [6.45, 7) is 1.53. The standard InChI is InChI=1S/C22H24ClFN2O3/c1-14(27)25-21(15-6-10-17(29-2)11-7-15)12-22(28)26(16-8-9-16)13-18-19(23)4-3-5-20(18)24/h3-7,10-11,16,21H,8-9,12-13H2,1-2H3,(H,25,27). The van der Waals surface area contributed by atoms with Crippen LogP contribution in [0.25, 0.3) is 0 Å². The Labute approximate surface area is 174 Å². The second-order valence-corrected chi connectivity index (χ2v) is 7.59. The molecule has 1 fully saturated rings. The van der Waals surface area contributed by atoms with E-state index in [0.29, 0.717) is 16.3 Å². The van der Waals surface area contributed by atoms with Crippen LogP contribution in [-0.4, -0.2) is 29.9 Å². The Kier molecular flexibility index (Phi) is 6.75. The van der Waals surface area contributed by atoms with E-state index in [1.165, 1.54) is 13.0 Å². The molecule has 0 aromatic heterocycles. The highest BCUT2D eigenvalue weighted by molar-refractivity contribution is 6.31. The number of carbonyl (C=O) groups is 2. The maximum atomic E-state index is 14.2. The third-order valence-corrected chi connectivity index (χ3v) is 5.33. The molecule has 1 saturated carbocycles. The number of hydrogen-bond acceptors (Lipinski definition) is 3. The Bertz CT molecular complexity index is 864. The molecule has 3 rings (SSSR count). The summed E-state index contributed by atoms with van der Waals surface area (Å²) >= 11 is 6.16. The zero-order valence-electron chi connectivity index (χ0n) is 16.5. The number of rotatable bonds is 8. The molecule has 1 unspecified atom stereocenters. The zero-order chi connectivity index (χ0) is 21.0. The first-order chi connectivity index (χ1) is 13.9. The number of hydrogen-bond donors (Lipinski definition) is 1. The minimum Gasteiger partial charge on any atom is -0.497 e. The van der Waals surface area contributed by atoms with Crippen molar-refractivity contribution in [3.05, 3.63) is 64.4 Å². The van der Waals surface area contributed by atoms with Crippen molar-refractivity contribution in [1.82, 2.24) is 10.2 Å². The number of methoxy groups -OCH3 is 1. The van der Waals surface area contributed by atoms with Crippen LogP contribution in [0.15, 0.2) is 42.5 Å². The van der Waals surface area contributed by atoms with Crippen LogP contribution < -0.4 is 10.1 Å². The number of benzene rings is 2. The van der Waals surface area contributed by atoms with Gasteiger partial charge in [0.1, 0.15) is 11.6 Å². The summed E-state index contributed by atoms with van der Waals surface area (Å²) in [5.41, 5.74) is 1.11. The fourth-order valence-corrected chi connectivity index (χ4v) is 3.51. The number of ether oxygens (including phenoxy) is 1. The molecule has 2 amide bonds. The molecule has 7 heteroatoms. The van der Waals surface area contributed by atoms with Crippen molar-refractivity contribution >= 4 is 23.4 Å². The van der Waals surface area contributed by atoms with Crippen molar-refractivity contribution in [3.63, 3.8) is 0 Å². The van der Waals surface area contributed by atoms with E-state index in [2.05, 4.69) is 5.32 Å². The third kappa shape index (κ3) is 5.48. The van der Waals surface area contributed by atoms with Crippen LogP contribution in [0, 0.1) is 5.82 Å². The molecule has 0 radical (unpaired) electrons. The van der Waals surface area contributed by atoms with Crippen LogP contribution in [0.5, 0.6) is 5.75 Å². The van der Waals surface area contributed by atoms with Gasteiger partial charge in [0.05, 0.1) is 26.1 Å². The van der Waals surface area contributed by atoms with Gasteiger partial charge in [-0.2, -0.15) is 0 Å². The third-order valence-electron chi connectivity index (χ3n) is 4.97. The second-order valence-electron chi connectivity index (χ2n) is 7.18. The predicted molar refractivity (Wildman–Crippen MR) is 109 cm³/mol. The highest BCUT2D eigenvalue weighted by Gasteiger charge is 2.34. The molecule has 1 atom stereocenters. The monoisotopic (exact) mass is 418 g/mol. The Balaban J connectivity index is 1.79. The van der Waals surface area contributed by atoms with Gasteiger partial charge in [0.15, 0.2) is 0 Å². The number of nitrogens with one attached hydrogen (secondary N) is 1. The Morgan fingerprint density at radius 3 is 2.48 bits per heavy atom. The van der Waals surface area contributed by atoms with Gasteiger partial charge in [-0.1, -0.05) is 29.8 Å². The molecule has 1 aliphatic carbocycles. The van der Waals surface area contributed by atoms with Crippen molar-refractivity contribution in [2.45, 2.75) is 44.8 Å². The summed E-state index contributed by atoms with van der Waals surface area (Å²) in [4.78, 5) is 26.5. The molecule has 5 nitrogen and oxygen atoms in total. The molecule has 1 N–H and O–H groups in total. The molecule has 2 aromatic rings. The highest BCUT2D eigenvalue weighted by atomic mass is 35.5. The lowest BCUT2D eigenvalue weighted by Gasteiger charge is -2.26. The van der Waals surface area contributed by atoms with Gasteiger partial charge >= 0.3 is 0 Å². The first-order valence-electron chi connectivity index (χ1n) is 9.52. The van der Waals surface area contributed by atoms with Gasteiger partial charge in [-0.15, -0.1) is 0 Å². The fourth-order valence-electron chi connectivity index (χ4n) is 3.29. The number of halogens is 2. The van der Waals surface area contributed by atoms with E-state index in [1.54, 1.807) is 36.3 Å². The summed E-state index contributed by atoms with van der Waals surface area (Å²) < 4.78 is 19.4. The SMILES string of the molecule is COc1ccc(C(CC(=O)N(Cc2c(F)cccc2Cl)C2CC2)NC(C)=O)cc1. The van der Waals surface area contributed by atoms with E-state index in [9.17, 15) is 14.0 Å². The van der Waals surface area contributed by atoms with Crippen LogP contribution in [0.2, 0.25) is 5.02 Å². The number of carbonyl (C=O) groups excluding carboxylic acids is 2. The van der Waals surface area contributed by atoms with Crippen LogP contribution in [0.1, 0.15) is 43.4 Å². The van der Waals surface area contributed by atoms with Gasteiger partial charge < -0.3 is 15.0 Å². The van der Waals surface area contributed by atoms with Crippen molar-refractivity contribution < 1.29 is 18.7 Å². The lowest BCUT2D eigenvalue weighted by molar-refractivity contribution is -0.133. The maximum absolute atomic E-state index is 14.2. The molecular weight excluding hydrogens is 395 g/mol. The quantitative estimate of drug-likeness (QED) is 0.697. The lowest BCUT2D eigenvalue weighted by atomic mass is 10.0. The Hall–Kier alpha value is -2.60. The maximum Gasteiger partial charge on any atom is 0.225 e. The van der Waals surface area contributed by atoms with Gasteiger partial charge in [0.2, 0.25) is 11.8 Å². The van der Waals surface area contributed by atoms with Crippen molar-refractivity contribution in [1.29, 1.82) is 0 Å². The first-order valence-corrected chi connectivity index (χ1v) is 9.90. The average Bonchev–Trinajstić information content (AvgIpc) is 3.52. The molecule has 0 aliphatic heterocycles. The Morgan fingerprint density at radius 1 is 1.24 bits per heavy atom. The smallest absolute Gasteiger partial charge is 0.225 e. The van der Waals surface area contributed by atoms with Crippen molar-refractivity contribution in [3.8, 4) is 5.75 Å². The summed E-state index contributed by atoms with van der Waals surface area (Å²) in [6.07, 6.45) is 1.84. The van der Waals surface area contributed by atoms with E-state index >= 15 is 0 Å². The molecule has 29 heavy (non-hydrogen) atoms. The second kappa shape index (κ2) is 9.27. The predicted octanol–water partition coefficient (Wildman–Crippen LogP) is 4.25. The molecule has 2 aromatic carbocycles. The van der Waals surface area contributed by atoms with Gasteiger partial charge in [-0.25, -0.2) is 4.39 Å². The summed E-state index contributed by atoms with van der Waals surface area (Å²) in [6, 6.07) is 11.3. The molecule has 0 spiro atoms. The van der Waals surface area contributed by atoms with Gasteiger partial charge in [-0.3, -0.25) is 9.59 Å². The molecule has 0 saturated heterocycles. The minimum absolute atomic E-state index is 0.0759. The largest absolute Gasteiger partial charge is 0.497 e. The normalized spacial score (nSPS) is 14.2. The van der Waals surface area contributed by atoms with Gasteiger partial charge in [0.25, 0.3) is 0 Å². The highest BCUT2D eigenvalue weighted by Crippen LogP contribution is 2.32. The molecule has 1 aliphatic rings. The van der Waals surface area contributed by atoms with Crippen LogP contribution in [-0.2, 0) is 16.1 Å².